The largest absolute Gasteiger partial charge is 0.354 e. The summed E-state index contributed by atoms with van der Waals surface area (Å²) in [5.41, 5.74) is 0.483. The number of unbranched alkanes of at least 4 members (excludes halogenated alkanes) is 1. The molecule has 0 bridgehead atoms. The van der Waals surface area contributed by atoms with Gasteiger partial charge in [0.15, 0.2) is 0 Å². The maximum Gasteiger partial charge on any atom is 0.264 e. The van der Waals surface area contributed by atoms with E-state index in [0.29, 0.717) is 11.0 Å². The van der Waals surface area contributed by atoms with Crippen LogP contribution in [-0.4, -0.2) is 44.3 Å². The summed E-state index contributed by atoms with van der Waals surface area (Å²) in [5.74, 6) is -1.57. The van der Waals surface area contributed by atoms with E-state index in [-0.39, 0.29) is 22.7 Å². The van der Waals surface area contributed by atoms with Gasteiger partial charge in [0, 0.05) is 23.1 Å². The highest BCUT2D eigenvalue weighted by Crippen LogP contribution is 2.27. The number of carbonyl (C=O) groups excluding carboxylic acids is 2. The summed E-state index contributed by atoms with van der Waals surface area (Å²) in [6.07, 6.45) is 1.65. The van der Waals surface area contributed by atoms with Crippen LogP contribution in [0.2, 0.25) is 0 Å². The number of hydrogen-bond acceptors (Lipinski definition) is 4. The Morgan fingerprint density at radius 3 is 2.34 bits per heavy atom. The molecule has 3 aromatic rings. The number of halogens is 2. The summed E-state index contributed by atoms with van der Waals surface area (Å²) >= 11 is 3.36. The molecular weight excluding hydrogens is 573 g/mol. The topological polar surface area (TPSA) is 86.8 Å². The zero-order valence-electron chi connectivity index (χ0n) is 21.3. The standard InChI is InChI=1S/C28H31BrFN3O4S/c1-3-4-17-31-28(35)21(2)32(19-22-11-8-9-16-26(22)30)27(34)20-33(24-13-10-12-23(29)18-24)38(36,37)25-14-6-5-7-15-25/h5-16,18,21H,3-4,17,19-20H2,1-2H3,(H,31,35)/t21-/m1/s1. The van der Waals surface area contributed by atoms with Crippen molar-refractivity contribution < 1.29 is 22.4 Å². The fourth-order valence-corrected chi connectivity index (χ4v) is 5.62. The normalized spacial score (nSPS) is 12.0. The predicted molar refractivity (Wildman–Crippen MR) is 149 cm³/mol. The number of sulfonamides is 1. The lowest BCUT2D eigenvalue weighted by Crippen LogP contribution is -2.51. The van der Waals surface area contributed by atoms with Gasteiger partial charge in [-0.3, -0.25) is 13.9 Å². The molecule has 0 saturated heterocycles. The van der Waals surface area contributed by atoms with Crippen LogP contribution in [0.15, 0.2) is 88.2 Å². The predicted octanol–water partition coefficient (Wildman–Crippen LogP) is 5.12. The molecule has 0 fully saturated rings. The summed E-state index contributed by atoms with van der Waals surface area (Å²) in [7, 11) is -4.15. The van der Waals surface area contributed by atoms with Crippen molar-refractivity contribution in [3.8, 4) is 0 Å². The van der Waals surface area contributed by atoms with E-state index >= 15 is 0 Å². The van der Waals surface area contributed by atoms with Crippen LogP contribution in [0.5, 0.6) is 0 Å². The molecule has 3 rings (SSSR count). The number of carbonyl (C=O) groups is 2. The highest BCUT2D eigenvalue weighted by atomic mass is 79.9. The van der Waals surface area contributed by atoms with E-state index in [1.807, 2.05) is 6.92 Å². The number of rotatable bonds is 12. The van der Waals surface area contributed by atoms with Gasteiger partial charge < -0.3 is 10.2 Å². The SMILES string of the molecule is CCCCNC(=O)[C@@H](C)N(Cc1ccccc1F)C(=O)CN(c1cccc(Br)c1)S(=O)(=O)c1ccccc1. The first kappa shape index (κ1) is 29.3. The third-order valence-electron chi connectivity index (χ3n) is 6.00. The van der Waals surface area contributed by atoms with Crippen LogP contribution in [0.1, 0.15) is 32.3 Å². The lowest BCUT2D eigenvalue weighted by molar-refractivity contribution is -0.139. The summed E-state index contributed by atoms with van der Waals surface area (Å²) in [4.78, 5) is 27.9. The number of nitrogens with zero attached hydrogens (tertiary/aromatic N) is 2. The van der Waals surface area contributed by atoms with Crippen molar-refractivity contribution in [2.45, 2.75) is 44.2 Å². The minimum atomic E-state index is -4.15. The molecule has 0 aliphatic heterocycles. The van der Waals surface area contributed by atoms with Crippen LogP contribution in [0, 0.1) is 5.82 Å². The number of nitrogens with one attached hydrogen (secondary N) is 1. The Balaban J connectivity index is 2.00. The monoisotopic (exact) mass is 603 g/mol. The Hall–Kier alpha value is -3.24. The molecule has 0 saturated carbocycles. The first-order valence-corrected chi connectivity index (χ1v) is 14.5. The summed E-state index contributed by atoms with van der Waals surface area (Å²) in [6.45, 7) is 3.19. The van der Waals surface area contributed by atoms with Crippen molar-refractivity contribution in [3.63, 3.8) is 0 Å². The van der Waals surface area contributed by atoms with E-state index in [9.17, 15) is 22.4 Å². The maximum atomic E-state index is 14.6. The summed E-state index contributed by atoms with van der Waals surface area (Å²) in [5, 5.41) is 2.80. The van der Waals surface area contributed by atoms with Gasteiger partial charge in [0.1, 0.15) is 18.4 Å². The molecule has 0 unspecified atom stereocenters. The fourth-order valence-electron chi connectivity index (χ4n) is 3.81. The van der Waals surface area contributed by atoms with E-state index in [2.05, 4.69) is 21.2 Å². The fraction of sp³-hybridized carbons (Fsp3) is 0.286. The van der Waals surface area contributed by atoms with Crippen molar-refractivity contribution in [1.82, 2.24) is 10.2 Å². The van der Waals surface area contributed by atoms with Crippen molar-refractivity contribution in [3.05, 3.63) is 94.7 Å². The molecule has 202 valence electrons. The van der Waals surface area contributed by atoms with Gasteiger partial charge in [-0.05, 0) is 49.7 Å². The molecular formula is C28H31BrFN3O4S. The van der Waals surface area contributed by atoms with Gasteiger partial charge in [-0.15, -0.1) is 0 Å². The third-order valence-corrected chi connectivity index (χ3v) is 8.28. The van der Waals surface area contributed by atoms with Crippen molar-refractivity contribution in [2.75, 3.05) is 17.4 Å². The Kier molecular flexibility index (Phi) is 10.4. The van der Waals surface area contributed by atoms with E-state index in [1.165, 1.54) is 35.2 Å². The van der Waals surface area contributed by atoms with Gasteiger partial charge in [-0.25, -0.2) is 12.8 Å². The first-order valence-electron chi connectivity index (χ1n) is 12.3. The van der Waals surface area contributed by atoms with Gasteiger partial charge in [-0.1, -0.05) is 71.7 Å². The van der Waals surface area contributed by atoms with Crippen LogP contribution in [0.25, 0.3) is 0 Å². The van der Waals surface area contributed by atoms with Gasteiger partial charge >= 0.3 is 0 Å². The first-order chi connectivity index (χ1) is 18.1. The molecule has 7 nitrogen and oxygen atoms in total. The molecule has 0 aliphatic rings. The van der Waals surface area contributed by atoms with E-state index in [0.717, 1.165) is 17.1 Å². The average Bonchev–Trinajstić information content (AvgIpc) is 2.91. The highest BCUT2D eigenvalue weighted by molar-refractivity contribution is 9.10. The van der Waals surface area contributed by atoms with Gasteiger partial charge in [0.05, 0.1) is 10.6 Å². The minimum Gasteiger partial charge on any atom is -0.354 e. The van der Waals surface area contributed by atoms with Crippen LogP contribution in [-0.2, 0) is 26.2 Å². The number of benzene rings is 3. The molecule has 1 N–H and O–H groups in total. The molecule has 0 spiro atoms. The second-order valence-corrected chi connectivity index (χ2v) is 11.5. The third kappa shape index (κ3) is 7.41. The Bertz CT molecular complexity index is 1350. The summed E-state index contributed by atoms with van der Waals surface area (Å²) < 4.78 is 43.6. The van der Waals surface area contributed by atoms with Gasteiger partial charge in [-0.2, -0.15) is 0 Å². The Labute approximate surface area is 231 Å². The molecule has 1 atom stereocenters. The van der Waals surface area contributed by atoms with Gasteiger partial charge in [0.2, 0.25) is 11.8 Å². The van der Waals surface area contributed by atoms with Gasteiger partial charge in [0.25, 0.3) is 10.0 Å². The molecule has 10 heteroatoms. The molecule has 0 aliphatic carbocycles. The van der Waals surface area contributed by atoms with Crippen molar-refractivity contribution >= 4 is 43.5 Å². The number of hydrogen-bond donors (Lipinski definition) is 1. The van der Waals surface area contributed by atoms with E-state index in [4.69, 9.17) is 0 Å². The smallest absolute Gasteiger partial charge is 0.264 e. The minimum absolute atomic E-state index is 0.0128. The highest BCUT2D eigenvalue weighted by Gasteiger charge is 2.32. The molecule has 0 heterocycles. The molecule has 0 radical (unpaired) electrons. The zero-order chi connectivity index (χ0) is 27.7. The zero-order valence-corrected chi connectivity index (χ0v) is 23.7. The van der Waals surface area contributed by atoms with Crippen LogP contribution < -0.4 is 9.62 Å². The Morgan fingerprint density at radius 1 is 1.00 bits per heavy atom. The van der Waals surface area contributed by atoms with E-state index in [1.54, 1.807) is 55.5 Å². The summed E-state index contributed by atoms with van der Waals surface area (Å²) in [6, 6.07) is 19.4. The van der Waals surface area contributed by atoms with Crippen molar-refractivity contribution in [2.24, 2.45) is 0 Å². The second kappa shape index (κ2) is 13.5. The van der Waals surface area contributed by atoms with E-state index < -0.39 is 40.2 Å². The lowest BCUT2D eigenvalue weighted by Gasteiger charge is -2.32. The molecule has 2 amide bonds. The van der Waals surface area contributed by atoms with Crippen LogP contribution in [0.4, 0.5) is 10.1 Å². The quantitative estimate of drug-likeness (QED) is 0.291. The number of amides is 2. The Morgan fingerprint density at radius 2 is 1.68 bits per heavy atom. The average molecular weight is 605 g/mol. The molecule has 3 aromatic carbocycles. The molecule has 38 heavy (non-hydrogen) atoms. The lowest BCUT2D eigenvalue weighted by atomic mass is 10.1. The number of anilines is 1. The van der Waals surface area contributed by atoms with Crippen LogP contribution >= 0.6 is 15.9 Å². The second-order valence-electron chi connectivity index (χ2n) is 8.74. The maximum absolute atomic E-state index is 14.6. The van der Waals surface area contributed by atoms with Crippen LogP contribution in [0.3, 0.4) is 0 Å². The van der Waals surface area contributed by atoms with Crippen molar-refractivity contribution in [1.29, 1.82) is 0 Å². The molecule has 0 aromatic heterocycles.